The van der Waals surface area contributed by atoms with Gasteiger partial charge in [-0.2, -0.15) is 18.3 Å². The highest BCUT2D eigenvalue weighted by molar-refractivity contribution is 5.95. The molecule has 0 amide bonds. The maximum Gasteiger partial charge on any atom is 0.418 e. The normalized spacial score (nSPS) is 11.6. The zero-order valence-electron chi connectivity index (χ0n) is 19.5. The summed E-state index contributed by atoms with van der Waals surface area (Å²) < 4.78 is 54.0. The van der Waals surface area contributed by atoms with Gasteiger partial charge in [-0.25, -0.2) is 0 Å². The summed E-state index contributed by atoms with van der Waals surface area (Å²) in [6.45, 7) is 0.705. The van der Waals surface area contributed by atoms with Crippen LogP contribution in [-0.4, -0.2) is 16.9 Å². The molecule has 1 aromatic heterocycles. The minimum atomic E-state index is -4.50. The van der Waals surface area contributed by atoms with Gasteiger partial charge in [0.15, 0.2) is 0 Å². The molecule has 4 nitrogen and oxygen atoms in total. The molecule has 0 saturated carbocycles. The Balaban J connectivity index is 1.50. The van der Waals surface area contributed by atoms with Gasteiger partial charge in [0.2, 0.25) is 0 Å². The Morgan fingerprint density at radius 1 is 0.778 bits per heavy atom. The molecule has 0 N–H and O–H groups in total. The van der Waals surface area contributed by atoms with E-state index in [1.54, 1.807) is 17.9 Å². The maximum absolute atomic E-state index is 13.7. The number of nitrogens with zero attached hydrogens (tertiary/aromatic N) is 2. The average Bonchev–Trinajstić information content (AvgIpc) is 3.25. The number of aromatic nitrogens is 2. The molecule has 0 spiro atoms. The second-order valence-electron chi connectivity index (χ2n) is 8.36. The monoisotopic (exact) mass is 488 g/mol. The summed E-state index contributed by atoms with van der Waals surface area (Å²) >= 11 is 0. The van der Waals surface area contributed by atoms with Crippen molar-refractivity contribution in [2.75, 3.05) is 7.11 Å². The second kappa shape index (κ2) is 9.77. The van der Waals surface area contributed by atoms with Crippen molar-refractivity contribution >= 4 is 10.9 Å². The number of benzene rings is 4. The van der Waals surface area contributed by atoms with Gasteiger partial charge in [0, 0.05) is 10.9 Å². The highest BCUT2D eigenvalue weighted by Crippen LogP contribution is 2.38. The Labute approximate surface area is 206 Å². The van der Waals surface area contributed by atoms with Crippen LogP contribution in [0.5, 0.6) is 11.5 Å². The third kappa shape index (κ3) is 4.91. The number of hydrogen-bond donors (Lipinski definition) is 0. The number of fused-ring (bicyclic) bond motifs is 1. The van der Waals surface area contributed by atoms with E-state index in [2.05, 4.69) is 5.10 Å². The lowest BCUT2D eigenvalue weighted by atomic mass is 10.0. The third-order valence-corrected chi connectivity index (χ3v) is 5.92. The molecule has 0 aliphatic heterocycles. The van der Waals surface area contributed by atoms with Crippen LogP contribution in [0.15, 0.2) is 97.1 Å². The zero-order valence-corrected chi connectivity index (χ0v) is 19.5. The second-order valence-corrected chi connectivity index (χ2v) is 8.36. The van der Waals surface area contributed by atoms with Crippen LogP contribution in [-0.2, 0) is 19.3 Å². The minimum Gasteiger partial charge on any atom is -0.497 e. The van der Waals surface area contributed by atoms with Crippen molar-refractivity contribution in [2.45, 2.75) is 19.3 Å². The first kappa shape index (κ1) is 23.5. The lowest BCUT2D eigenvalue weighted by molar-refractivity contribution is -0.136. The van der Waals surface area contributed by atoms with Gasteiger partial charge < -0.3 is 9.47 Å². The van der Waals surface area contributed by atoms with E-state index in [4.69, 9.17) is 9.47 Å². The van der Waals surface area contributed by atoms with E-state index in [-0.39, 0.29) is 5.52 Å². The number of alkyl halides is 3. The van der Waals surface area contributed by atoms with Gasteiger partial charge in [-0.05, 0) is 53.6 Å². The summed E-state index contributed by atoms with van der Waals surface area (Å²) in [6, 6.07) is 28.7. The summed E-state index contributed by atoms with van der Waals surface area (Å²) in [6.07, 6.45) is -4.50. The van der Waals surface area contributed by atoms with E-state index >= 15 is 0 Å². The predicted octanol–water partition coefficient (Wildman–Crippen LogP) is 7.36. The Bertz CT molecular complexity index is 1480. The van der Waals surface area contributed by atoms with Crippen LogP contribution in [0, 0.1) is 0 Å². The zero-order chi connectivity index (χ0) is 25.1. The number of methoxy groups -OCH3 is 1. The largest absolute Gasteiger partial charge is 0.497 e. The Hall–Kier alpha value is -4.26. The molecule has 36 heavy (non-hydrogen) atoms. The van der Waals surface area contributed by atoms with E-state index in [0.717, 1.165) is 28.5 Å². The summed E-state index contributed by atoms with van der Waals surface area (Å²) in [7, 11) is 1.61. The van der Waals surface area contributed by atoms with Gasteiger partial charge in [-0.1, -0.05) is 54.6 Å². The Kier molecular flexibility index (Phi) is 6.38. The standard InChI is InChI=1S/C29H23F3N2O2/c1-35-24-10-5-9-21(17-24)19-36-23-15-13-22(14-16-23)28-25-11-6-12-26(29(30,31)32)27(25)33-34(28)18-20-7-3-2-4-8-20/h2-17H,18-19H2,1H3. The molecule has 5 aromatic rings. The first-order chi connectivity index (χ1) is 17.4. The van der Waals surface area contributed by atoms with Gasteiger partial charge >= 0.3 is 6.18 Å². The highest BCUT2D eigenvalue weighted by atomic mass is 19.4. The molecule has 0 bridgehead atoms. The Morgan fingerprint density at radius 2 is 1.50 bits per heavy atom. The lowest BCUT2D eigenvalue weighted by Crippen LogP contribution is -2.06. The van der Waals surface area contributed by atoms with Crippen molar-refractivity contribution < 1.29 is 22.6 Å². The molecule has 5 rings (SSSR count). The fourth-order valence-corrected chi connectivity index (χ4v) is 4.19. The predicted molar refractivity (Wildman–Crippen MR) is 133 cm³/mol. The van der Waals surface area contributed by atoms with Crippen LogP contribution in [0.3, 0.4) is 0 Å². The average molecular weight is 489 g/mol. The van der Waals surface area contributed by atoms with Crippen molar-refractivity contribution in [1.29, 1.82) is 0 Å². The smallest absolute Gasteiger partial charge is 0.418 e. The van der Waals surface area contributed by atoms with E-state index in [0.29, 0.717) is 30.0 Å². The van der Waals surface area contributed by atoms with Crippen LogP contribution in [0.2, 0.25) is 0 Å². The number of hydrogen-bond acceptors (Lipinski definition) is 3. The summed E-state index contributed by atoms with van der Waals surface area (Å²) in [4.78, 5) is 0. The summed E-state index contributed by atoms with van der Waals surface area (Å²) in [5.41, 5.74) is 2.48. The van der Waals surface area contributed by atoms with Crippen molar-refractivity contribution in [3.8, 4) is 22.8 Å². The quantitative estimate of drug-likeness (QED) is 0.240. The number of ether oxygens (including phenoxy) is 2. The molecule has 182 valence electrons. The number of rotatable bonds is 7. The minimum absolute atomic E-state index is 0.0608. The van der Waals surface area contributed by atoms with E-state index in [1.165, 1.54) is 6.07 Å². The lowest BCUT2D eigenvalue weighted by Gasteiger charge is -2.11. The summed E-state index contributed by atoms with van der Waals surface area (Å²) in [5.74, 6) is 1.40. The topological polar surface area (TPSA) is 36.3 Å². The van der Waals surface area contributed by atoms with Crippen LogP contribution in [0.4, 0.5) is 13.2 Å². The fourth-order valence-electron chi connectivity index (χ4n) is 4.19. The molecule has 4 aromatic carbocycles. The van der Waals surface area contributed by atoms with Crippen LogP contribution in [0.25, 0.3) is 22.2 Å². The van der Waals surface area contributed by atoms with Gasteiger partial charge in [0.1, 0.15) is 23.6 Å². The van der Waals surface area contributed by atoms with Gasteiger partial charge in [0.25, 0.3) is 0 Å². The van der Waals surface area contributed by atoms with Gasteiger partial charge in [-0.15, -0.1) is 0 Å². The molecule has 0 aliphatic rings. The van der Waals surface area contributed by atoms with Crippen LogP contribution < -0.4 is 9.47 Å². The SMILES string of the molecule is COc1cccc(COc2ccc(-c3c4cccc(C(F)(F)F)c4nn3Cc3ccccc3)cc2)c1. The first-order valence-corrected chi connectivity index (χ1v) is 11.4. The third-order valence-electron chi connectivity index (χ3n) is 5.92. The van der Waals surface area contributed by atoms with Crippen LogP contribution in [0.1, 0.15) is 16.7 Å². The molecule has 1 heterocycles. The van der Waals surface area contributed by atoms with Gasteiger partial charge in [0.05, 0.1) is 24.9 Å². The van der Waals surface area contributed by atoms with Crippen molar-refractivity contribution in [3.05, 3.63) is 114 Å². The molecule has 0 unspecified atom stereocenters. The van der Waals surface area contributed by atoms with Crippen LogP contribution >= 0.6 is 0 Å². The van der Waals surface area contributed by atoms with E-state index < -0.39 is 11.7 Å². The molecular formula is C29H23F3N2O2. The molecule has 0 aliphatic carbocycles. The van der Waals surface area contributed by atoms with E-state index in [9.17, 15) is 13.2 Å². The Morgan fingerprint density at radius 3 is 2.22 bits per heavy atom. The maximum atomic E-state index is 13.7. The summed E-state index contributed by atoms with van der Waals surface area (Å²) in [5, 5.41) is 4.87. The van der Waals surface area contributed by atoms with Crippen molar-refractivity contribution in [3.63, 3.8) is 0 Å². The number of halogens is 3. The van der Waals surface area contributed by atoms with Crippen molar-refractivity contribution in [1.82, 2.24) is 9.78 Å². The molecule has 0 atom stereocenters. The highest BCUT2D eigenvalue weighted by Gasteiger charge is 2.34. The molecule has 7 heteroatoms. The first-order valence-electron chi connectivity index (χ1n) is 11.4. The fraction of sp³-hybridized carbons (Fsp3) is 0.138. The molecule has 0 fully saturated rings. The molecule has 0 radical (unpaired) electrons. The van der Waals surface area contributed by atoms with Gasteiger partial charge in [-0.3, -0.25) is 4.68 Å². The molecule has 0 saturated heterocycles. The van der Waals surface area contributed by atoms with Crippen molar-refractivity contribution in [2.24, 2.45) is 0 Å². The molecular weight excluding hydrogens is 465 g/mol. The van der Waals surface area contributed by atoms with E-state index in [1.807, 2.05) is 78.9 Å².